The lowest BCUT2D eigenvalue weighted by Gasteiger charge is -2.16. The van der Waals surface area contributed by atoms with Gasteiger partial charge in [-0.1, -0.05) is 26.0 Å². The Hall–Kier alpha value is -1.16. The predicted octanol–water partition coefficient (Wildman–Crippen LogP) is 2.90. The van der Waals surface area contributed by atoms with Gasteiger partial charge in [0.1, 0.15) is 5.75 Å². The van der Waals surface area contributed by atoms with Gasteiger partial charge in [-0.3, -0.25) is 4.79 Å². The van der Waals surface area contributed by atoms with E-state index >= 15 is 0 Å². The number of ether oxygens (including phenoxy) is 1. The molecular weight excluding hydrogens is 224 g/mol. The zero-order chi connectivity index (χ0) is 12.1. The third-order valence-electron chi connectivity index (χ3n) is 2.48. The number of hydrogen-bond donors (Lipinski definition) is 1. The molecule has 0 saturated heterocycles. The van der Waals surface area contributed by atoms with Crippen LogP contribution < -0.4 is 4.74 Å². The molecule has 0 bridgehead atoms. The molecule has 0 aliphatic carbocycles. The highest BCUT2D eigenvalue weighted by Gasteiger charge is 2.21. The van der Waals surface area contributed by atoms with Crippen LogP contribution in [-0.2, 0) is 4.79 Å². The van der Waals surface area contributed by atoms with E-state index in [0.29, 0.717) is 0 Å². The normalized spacial score (nSPS) is 14.2. The van der Waals surface area contributed by atoms with Gasteiger partial charge in [0.2, 0.25) is 0 Å². The van der Waals surface area contributed by atoms with Crippen molar-refractivity contribution in [2.24, 2.45) is 5.92 Å². The summed E-state index contributed by atoms with van der Waals surface area (Å²) >= 11 is 1.53. The first-order valence-electron chi connectivity index (χ1n) is 5.08. The third kappa shape index (κ3) is 3.17. The minimum Gasteiger partial charge on any atom is -0.496 e. The maximum absolute atomic E-state index is 10.8. The molecule has 1 unspecified atom stereocenters. The quantitative estimate of drug-likeness (QED) is 0.804. The highest BCUT2D eigenvalue weighted by atomic mass is 32.2. The first-order valence-corrected chi connectivity index (χ1v) is 5.96. The van der Waals surface area contributed by atoms with Gasteiger partial charge in [0.25, 0.3) is 0 Å². The molecule has 0 saturated carbocycles. The van der Waals surface area contributed by atoms with Crippen molar-refractivity contribution in [2.45, 2.75) is 24.0 Å². The van der Waals surface area contributed by atoms with Crippen molar-refractivity contribution in [2.75, 3.05) is 7.11 Å². The molecule has 1 rings (SSSR count). The van der Waals surface area contributed by atoms with Crippen molar-refractivity contribution in [1.29, 1.82) is 0 Å². The third-order valence-corrected chi connectivity index (χ3v) is 3.85. The van der Waals surface area contributed by atoms with E-state index in [4.69, 9.17) is 9.84 Å². The zero-order valence-electron chi connectivity index (χ0n) is 9.64. The van der Waals surface area contributed by atoms with E-state index in [9.17, 15) is 4.79 Å². The molecule has 0 aliphatic heterocycles. The fourth-order valence-corrected chi connectivity index (χ4v) is 2.37. The second kappa shape index (κ2) is 5.80. The van der Waals surface area contributed by atoms with Crippen LogP contribution in [-0.4, -0.2) is 23.4 Å². The summed E-state index contributed by atoms with van der Waals surface area (Å²) in [4.78, 5) is 11.8. The predicted molar refractivity (Wildman–Crippen MR) is 65.1 cm³/mol. The van der Waals surface area contributed by atoms with Gasteiger partial charge in [-0.15, -0.1) is 11.8 Å². The molecule has 3 nitrogen and oxygen atoms in total. The molecule has 4 heteroatoms. The lowest BCUT2D eigenvalue weighted by atomic mass is 10.1. The molecule has 16 heavy (non-hydrogen) atoms. The van der Waals surface area contributed by atoms with Gasteiger partial charge >= 0.3 is 5.97 Å². The summed E-state index contributed by atoms with van der Waals surface area (Å²) in [5.41, 5.74) is 0. The van der Waals surface area contributed by atoms with Crippen molar-refractivity contribution in [1.82, 2.24) is 0 Å². The maximum atomic E-state index is 10.8. The summed E-state index contributed by atoms with van der Waals surface area (Å²) in [5, 5.41) is 8.92. The summed E-state index contributed by atoms with van der Waals surface area (Å²) in [6, 6.07) is 7.63. The summed E-state index contributed by atoms with van der Waals surface area (Å²) in [6.07, 6.45) is 0. The highest BCUT2D eigenvalue weighted by Crippen LogP contribution is 2.34. The average Bonchev–Trinajstić information content (AvgIpc) is 2.28. The van der Waals surface area contributed by atoms with Gasteiger partial charge in [-0.25, -0.2) is 0 Å². The molecule has 0 heterocycles. The number of rotatable bonds is 5. The molecule has 1 N–H and O–H groups in total. The number of aliphatic carboxylic acids is 1. The summed E-state index contributed by atoms with van der Waals surface area (Å²) in [6.45, 7) is 3.63. The van der Waals surface area contributed by atoms with Crippen LogP contribution in [0.3, 0.4) is 0 Å². The number of hydrogen-bond acceptors (Lipinski definition) is 3. The fourth-order valence-electron chi connectivity index (χ4n) is 1.22. The molecule has 88 valence electrons. The fraction of sp³-hybridized carbons (Fsp3) is 0.417. The SMILES string of the molecule is COc1ccccc1SC(C)[C@H](C)C(=O)O. The van der Waals surface area contributed by atoms with E-state index in [1.54, 1.807) is 14.0 Å². The minimum absolute atomic E-state index is 0.00815. The maximum Gasteiger partial charge on any atom is 0.307 e. The summed E-state index contributed by atoms with van der Waals surface area (Å²) < 4.78 is 5.22. The summed E-state index contributed by atoms with van der Waals surface area (Å²) in [7, 11) is 1.62. The number of carboxylic acid groups (broad SMARTS) is 1. The standard InChI is InChI=1S/C12H16O3S/c1-8(12(13)14)9(2)16-11-7-5-4-6-10(11)15-3/h4-9H,1-3H3,(H,13,14)/t8-,9?/m0/s1. The molecule has 0 aliphatic rings. The van der Waals surface area contributed by atoms with Gasteiger partial charge in [-0.2, -0.15) is 0 Å². The van der Waals surface area contributed by atoms with E-state index < -0.39 is 5.97 Å². The second-order valence-electron chi connectivity index (χ2n) is 3.60. The Labute approximate surface area is 99.8 Å². The van der Waals surface area contributed by atoms with Crippen LogP contribution in [0.1, 0.15) is 13.8 Å². The zero-order valence-corrected chi connectivity index (χ0v) is 10.5. The van der Waals surface area contributed by atoms with Gasteiger partial charge in [0.15, 0.2) is 0 Å². The van der Waals surface area contributed by atoms with Crippen LogP contribution in [0.5, 0.6) is 5.75 Å². The van der Waals surface area contributed by atoms with Crippen LogP contribution in [0.25, 0.3) is 0 Å². The van der Waals surface area contributed by atoms with Gasteiger partial charge in [0.05, 0.1) is 13.0 Å². The van der Waals surface area contributed by atoms with E-state index in [0.717, 1.165) is 10.6 Å². The molecule has 2 atom stereocenters. The van der Waals surface area contributed by atoms with Crippen LogP contribution in [0.4, 0.5) is 0 Å². The van der Waals surface area contributed by atoms with Crippen LogP contribution in [0.2, 0.25) is 0 Å². The number of thioether (sulfide) groups is 1. The van der Waals surface area contributed by atoms with E-state index in [1.807, 2.05) is 31.2 Å². The number of carboxylic acids is 1. The van der Waals surface area contributed by atoms with Crippen molar-refractivity contribution >= 4 is 17.7 Å². The molecule has 0 radical (unpaired) electrons. The van der Waals surface area contributed by atoms with Gasteiger partial charge in [-0.05, 0) is 12.1 Å². The van der Waals surface area contributed by atoms with E-state index in [2.05, 4.69) is 0 Å². The smallest absolute Gasteiger partial charge is 0.307 e. The Morgan fingerprint density at radius 2 is 2.00 bits per heavy atom. The number of para-hydroxylation sites is 1. The van der Waals surface area contributed by atoms with Crippen LogP contribution in [0.15, 0.2) is 29.2 Å². The van der Waals surface area contributed by atoms with Gasteiger partial charge < -0.3 is 9.84 Å². The Kier molecular flexibility index (Phi) is 4.68. The second-order valence-corrected chi connectivity index (χ2v) is 5.02. The van der Waals surface area contributed by atoms with Gasteiger partial charge in [0, 0.05) is 10.1 Å². The lowest BCUT2D eigenvalue weighted by molar-refractivity contribution is -0.140. The van der Waals surface area contributed by atoms with Crippen molar-refractivity contribution in [3.63, 3.8) is 0 Å². The Balaban J connectivity index is 2.76. The molecule has 0 aromatic heterocycles. The number of benzene rings is 1. The average molecular weight is 240 g/mol. The first kappa shape index (κ1) is 12.9. The molecule has 0 spiro atoms. The molecular formula is C12H16O3S. The van der Waals surface area contributed by atoms with E-state index in [-0.39, 0.29) is 11.2 Å². The van der Waals surface area contributed by atoms with Crippen molar-refractivity contribution < 1.29 is 14.6 Å². The van der Waals surface area contributed by atoms with E-state index in [1.165, 1.54) is 11.8 Å². The lowest BCUT2D eigenvalue weighted by Crippen LogP contribution is -2.19. The Morgan fingerprint density at radius 1 is 1.38 bits per heavy atom. The monoisotopic (exact) mass is 240 g/mol. The Bertz CT molecular complexity index is 365. The molecule has 0 fully saturated rings. The molecule has 1 aromatic carbocycles. The first-order chi connectivity index (χ1) is 7.56. The minimum atomic E-state index is -0.769. The van der Waals surface area contributed by atoms with Crippen molar-refractivity contribution in [3.05, 3.63) is 24.3 Å². The molecule has 1 aromatic rings. The number of methoxy groups -OCH3 is 1. The topological polar surface area (TPSA) is 46.5 Å². The Morgan fingerprint density at radius 3 is 2.56 bits per heavy atom. The largest absolute Gasteiger partial charge is 0.496 e. The summed E-state index contributed by atoms with van der Waals surface area (Å²) in [5.74, 6) is -0.359. The van der Waals surface area contributed by atoms with Crippen LogP contribution in [0, 0.1) is 5.92 Å². The number of carbonyl (C=O) groups is 1. The van der Waals surface area contributed by atoms with Crippen molar-refractivity contribution in [3.8, 4) is 5.75 Å². The highest BCUT2D eigenvalue weighted by molar-refractivity contribution is 8.00. The molecule has 0 amide bonds. The van der Waals surface area contributed by atoms with Crippen LogP contribution >= 0.6 is 11.8 Å².